The molecule has 1 aromatic heterocycles. The van der Waals surface area contributed by atoms with E-state index in [0.29, 0.717) is 12.3 Å². The summed E-state index contributed by atoms with van der Waals surface area (Å²) in [6.07, 6.45) is 5.75. The maximum absolute atomic E-state index is 12.4. The largest absolute Gasteiger partial charge is 0.345 e. The molecule has 0 saturated carbocycles. The van der Waals surface area contributed by atoms with Gasteiger partial charge in [-0.05, 0) is 25.3 Å². The normalized spacial score (nSPS) is 15.0. The number of hydrogen-bond acceptors (Lipinski definition) is 5. The van der Waals surface area contributed by atoms with Crippen LogP contribution < -0.4 is 4.90 Å². The summed E-state index contributed by atoms with van der Waals surface area (Å²) in [5, 5.41) is 0.984. The molecule has 0 N–H and O–H groups in total. The van der Waals surface area contributed by atoms with Gasteiger partial charge in [-0.1, -0.05) is 49.6 Å². The maximum Gasteiger partial charge on any atom is 0.222 e. The third-order valence-electron chi connectivity index (χ3n) is 5.05. The molecule has 2 heterocycles. The smallest absolute Gasteiger partial charge is 0.222 e. The second-order valence-corrected chi connectivity index (χ2v) is 8.06. The zero-order valence-corrected chi connectivity index (χ0v) is 17.3. The Morgan fingerprint density at radius 2 is 1.93 bits per heavy atom. The van der Waals surface area contributed by atoms with E-state index in [1.807, 2.05) is 4.90 Å². The van der Waals surface area contributed by atoms with E-state index in [1.54, 1.807) is 0 Å². The molecule has 0 aliphatic carbocycles. The van der Waals surface area contributed by atoms with Crippen LogP contribution in [0, 0.1) is 6.92 Å². The van der Waals surface area contributed by atoms with Gasteiger partial charge in [-0.3, -0.25) is 4.79 Å². The topological polar surface area (TPSA) is 49.3 Å². The minimum Gasteiger partial charge on any atom is -0.345 e. The zero-order chi connectivity index (χ0) is 19.1. The number of aryl methyl sites for hydroxylation is 1. The molecule has 0 radical (unpaired) electrons. The summed E-state index contributed by atoms with van der Waals surface area (Å²) in [5.41, 5.74) is 2.51. The van der Waals surface area contributed by atoms with Crippen molar-refractivity contribution in [3.05, 3.63) is 41.2 Å². The number of benzene rings is 1. The van der Waals surface area contributed by atoms with Crippen molar-refractivity contribution in [1.29, 1.82) is 0 Å². The highest BCUT2D eigenvalue weighted by Crippen LogP contribution is 2.21. The zero-order valence-electron chi connectivity index (χ0n) is 16.5. The Bertz CT molecular complexity index is 728. The summed E-state index contributed by atoms with van der Waals surface area (Å²) in [6, 6.07) is 8.54. The Kier molecular flexibility index (Phi) is 7.21. The van der Waals surface area contributed by atoms with Gasteiger partial charge < -0.3 is 9.80 Å². The van der Waals surface area contributed by atoms with Gasteiger partial charge >= 0.3 is 0 Å². The van der Waals surface area contributed by atoms with Crippen LogP contribution in [-0.2, 0) is 11.2 Å². The Hall–Kier alpha value is -1.95. The Morgan fingerprint density at radius 1 is 1.11 bits per heavy atom. The Labute approximate surface area is 166 Å². The third-order valence-corrected chi connectivity index (χ3v) is 5.87. The van der Waals surface area contributed by atoms with Crippen molar-refractivity contribution in [2.24, 2.45) is 0 Å². The van der Waals surface area contributed by atoms with Crippen LogP contribution in [0.4, 0.5) is 5.13 Å². The molecule has 6 heteroatoms. The van der Waals surface area contributed by atoms with Crippen LogP contribution in [0.5, 0.6) is 0 Å². The number of carbonyl (C=O) groups is 1. The summed E-state index contributed by atoms with van der Waals surface area (Å²) < 4.78 is 4.55. The molecule has 1 aliphatic rings. The van der Waals surface area contributed by atoms with Gasteiger partial charge in [0.2, 0.25) is 11.0 Å². The number of aromatic nitrogens is 2. The van der Waals surface area contributed by atoms with E-state index in [9.17, 15) is 4.79 Å². The highest BCUT2D eigenvalue weighted by atomic mass is 32.1. The predicted octanol–water partition coefficient (Wildman–Crippen LogP) is 4.06. The first-order valence-electron chi connectivity index (χ1n) is 10.1. The molecular weight excluding hydrogens is 356 g/mol. The first-order chi connectivity index (χ1) is 13.2. The SMILES string of the molecule is CCCCCC(=O)N1CCCN(c2nc(Cc3ccc(C)cc3)ns2)CC1. The minimum absolute atomic E-state index is 0.308. The number of anilines is 1. The van der Waals surface area contributed by atoms with Gasteiger partial charge in [0.25, 0.3) is 0 Å². The molecule has 2 aromatic rings. The first kappa shape index (κ1) is 19.8. The van der Waals surface area contributed by atoms with Crippen molar-refractivity contribution >= 4 is 22.6 Å². The molecule has 1 saturated heterocycles. The molecule has 1 fully saturated rings. The van der Waals surface area contributed by atoms with E-state index < -0.39 is 0 Å². The van der Waals surface area contributed by atoms with Gasteiger partial charge in [-0.25, -0.2) is 4.98 Å². The molecule has 0 bridgehead atoms. The number of hydrogen-bond donors (Lipinski definition) is 0. The van der Waals surface area contributed by atoms with Crippen molar-refractivity contribution < 1.29 is 4.79 Å². The predicted molar refractivity (Wildman–Crippen MR) is 111 cm³/mol. The molecule has 1 amide bonds. The molecule has 1 aliphatic heterocycles. The van der Waals surface area contributed by atoms with Gasteiger partial charge in [0.15, 0.2) is 0 Å². The lowest BCUT2D eigenvalue weighted by Crippen LogP contribution is -2.35. The van der Waals surface area contributed by atoms with Gasteiger partial charge in [0.05, 0.1) is 0 Å². The molecule has 5 nitrogen and oxygen atoms in total. The molecule has 0 unspecified atom stereocenters. The van der Waals surface area contributed by atoms with Crippen LogP contribution in [0.2, 0.25) is 0 Å². The monoisotopic (exact) mass is 386 g/mol. The van der Waals surface area contributed by atoms with E-state index in [-0.39, 0.29) is 0 Å². The minimum atomic E-state index is 0.308. The average Bonchev–Trinajstić information content (AvgIpc) is 2.98. The van der Waals surface area contributed by atoms with Gasteiger partial charge in [0.1, 0.15) is 5.82 Å². The summed E-state index contributed by atoms with van der Waals surface area (Å²) in [7, 11) is 0. The van der Waals surface area contributed by atoms with Crippen molar-refractivity contribution in [3.8, 4) is 0 Å². The lowest BCUT2D eigenvalue weighted by atomic mass is 10.1. The average molecular weight is 387 g/mol. The Balaban J connectivity index is 1.54. The summed E-state index contributed by atoms with van der Waals surface area (Å²) in [6.45, 7) is 7.70. The fraction of sp³-hybridized carbons (Fsp3) is 0.571. The molecule has 1 aromatic carbocycles. The highest BCUT2D eigenvalue weighted by Gasteiger charge is 2.21. The molecular formula is C21H30N4OS. The summed E-state index contributed by atoms with van der Waals surface area (Å²) >= 11 is 1.48. The van der Waals surface area contributed by atoms with Gasteiger partial charge in [0, 0.05) is 50.6 Å². The summed E-state index contributed by atoms with van der Waals surface area (Å²) in [4.78, 5) is 21.5. The van der Waals surface area contributed by atoms with Crippen LogP contribution in [0.25, 0.3) is 0 Å². The van der Waals surface area contributed by atoms with E-state index >= 15 is 0 Å². The van der Waals surface area contributed by atoms with Gasteiger partial charge in [-0.15, -0.1) is 0 Å². The number of carbonyl (C=O) groups excluding carboxylic acids is 1. The fourth-order valence-corrected chi connectivity index (χ4v) is 4.11. The van der Waals surface area contributed by atoms with Crippen molar-refractivity contribution in [3.63, 3.8) is 0 Å². The lowest BCUT2D eigenvalue weighted by molar-refractivity contribution is -0.131. The number of unbranched alkanes of at least 4 members (excludes halogenated alkanes) is 2. The molecule has 3 rings (SSSR count). The quantitative estimate of drug-likeness (QED) is 0.674. The number of nitrogens with zero attached hydrogens (tertiary/aromatic N) is 4. The van der Waals surface area contributed by atoms with Crippen LogP contribution >= 0.6 is 11.5 Å². The van der Waals surface area contributed by atoms with Crippen molar-refractivity contribution in [1.82, 2.24) is 14.3 Å². The summed E-state index contributed by atoms with van der Waals surface area (Å²) in [5.74, 6) is 1.19. The van der Waals surface area contributed by atoms with Crippen molar-refractivity contribution in [2.75, 3.05) is 31.1 Å². The van der Waals surface area contributed by atoms with E-state index in [2.05, 4.69) is 47.4 Å². The van der Waals surface area contributed by atoms with Crippen LogP contribution in [0.15, 0.2) is 24.3 Å². The second-order valence-electron chi connectivity index (χ2n) is 7.33. The molecule has 27 heavy (non-hydrogen) atoms. The standard InChI is InChI=1S/C21H30N4OS/c1-3-4-5-7-20(26)24-12-6-13-25(15-14-24)21-22-19(23-27-21)16-18-10-8-17(2)9-11-18/h8-11H,3-7,12-16H2,1-2H3. The fourth-order valence-electron chi connectivity index (χ4n) is 3.38. The van der Waals surface area contributed by atoms with Crippen LogP contribution in [0.3, 0.4) is 0 Å². The van der Waals surface area contributed by atoms with Crippen LogP contribution in [-0.4, -0.2) is 46.3 Å². The van der Waals surface area contributed by atoms with E-state index in [0.717, 1.165) is 69.2 Å². The van der Waals surface area contributed by atoms with Crippen molar-refractivity contribution in [2.45, 2.75) is 52.4 Å². The highest BCUT2D eigenvalue weighted by molar-refractivity contribution is 7.09. The first-order valence-corrected chi connectivity index (χ1v) is 10.8. The molecule has 146 valence electrons. The number of rotatable bonds is 7. The van der Waals surface area contributed by atoms with E-state index in [1.165, 1.54) is 22.7 Å². The maximum atomic E-state index is 12.4. The number of amides is 1. The molecule has 0 atom stereocenters. The van der Waals surface area contributed by atoms with Gasteiger partial charge in [-0.2, -0.15) is 4.37 Å². The second kappa shape index (κ2) is 9.83. The third kappa shape index (κ3) is 5.76. The van der Waals surface area contributed by atoms with Crippen LogP contribution in [0.1, 0.15) is 56.0 Å². The lowest BCUT2D eigenvalue weighted by Gasteiger charge is -2.21. The Morgan fingerprint density at radius 3 is 2.70 bits per heavy atom. The van der Waals surface area contributed by atoms with E-state index in [4.69, 9.17) is 4.98 Å². The molecule has 0 spiro atoms.